The number of hydrogen-bond acceptors (Lipinski definition) is 2. The van der Waals surface area contributed by atoms with Crippen LogP contribution in [0.15, 0.2) is 10.8 Å². The van der Waals surface area contributed by atoms with E-state index in [9.17, 15) is 9.90 Å². The predicted molar refractivity (Wildman–Crippen MR) is 79.7 cm³/mol. The summed E-state index contributed by atoms with van der Waals surface area (Å²) in [6.07, 6.45) is 1.04. The molecule has 0 bridgehead atoms. The van der Waals surface area contributed by atoms with Crippen molar-refractivity contribution in [3.8, 4) is 0 Å². The first-order chi connectivity index (χ1) is 7.93. The zero-order valence-electron chi connectivity index (χ0n) is 12.7. The Balaban J connectivity index is 3.22. The average Bonchev–Trinajstić information content (AvgIpc) is 2.20. The summed E-state index contributed by atoms with van der Waals surface area (Å²) in [6, 6.07) is 1.15. The number of allylic oxidation sites excluding steroid dienone is 1. The predicted octanol–water partition coefficient (Wildman–Crippen LogP) is 3.51. The molecule has 3 nitrogen and oxygen atoms in total. The minimum Gasteiger partial charge on any atom is -0.478 e. The van der Waals surface area contributed by atoms with E-state index in [0.717, 1.165) is 17.7 Å². The zero-order valence-corrected chi connectivity index (χ0v) is 14.7. The topological polar surface area (TPSA) is 46.5 Å². The van der Waals surface area contributed by atoms with Gasteiger partial charge in [0.25, 0.3) is 0 Å². The van der Waals surface area contributed by atoms with Crippen LogP contribution in [0.4, 0.5) is 0 Å². The van der Waals surface area contributed by atoms with Crippen molar-refractivity contribution in [3.63, 3.8) is 0 Å². The molecule has 1 rings (SSSR count). The summed E-state index contributed by atoms with van der Waals surface area (Å²) in [5.74, 6) is -0.782. The maximum atomic E-state index is 11.2. The van der Waals surface area contributed by atoms with Crippen molar-refractivity contribution in [1.29, 1.82) is 0 Å². The third kappa shape index (κ3) is 2.63. The molecule has 18 heavy (non-hydrogen) atoms. The highest BCUT2D eigenvalue weighted by atomic mass is 29.3. The monoisotopic (exact) mass is 286 g/mol. The highest BCUT2D eigenvalue weighted by molar-refractivity contribution is 7.41. The fourth-order valence-electron chi connectivity index (χ4n) is 2.92. The quantitative estimate of drug-likeness (QED) is 0.624. The molecule has 0 spiro atoms. The maximum absolute atomic E-state index is 11.2. The second kappa shape index (κ2) is 4.61. The summed E-state index contributed by atoms with van der Waals surface area (Å²) in [4.78, 5) is 11.2. The van der Waals surface area contributed by atoms with Gasteiger partial charge in [0.2, 0.25) is 0 Å². The molecular weight excluding hydrogens is 260 g/mol. The van der Waals surface area contributed by atoms with Crippen molar-refractivity contribution in [2.24, 2.45) is 0 Å². The highest BCUT2D eigenvalue weighted by Crippen LogP contribution is 2.42. The minimum absolute atomic E-state index is 0.0420. The molecule has 1 N–H and O–H groups in total. The molecular formula is C13H26O3Si2. The number of carbonyl (C=O) groups is 1. The lowest BCUT2D eigenvalue weighted by Gasteiger charge is -2.51. The van der Waals surface area contributed by atoms with Crippen LogP contribution in [0.25, 0.3) is 0 Å². The molecule has 1 aliphatic rings. The van der Waals surface area contributed by atoms with Gasteiger partial charge in [-0.3, -0.25) is 0 Å². The summed E-state index contributed by atoms with van der Waals surface area (Å²) >= 11 is 0. The van der Waals surface area contributed by atoms with Crippen LogP contribution in [-0.2, 0) is 9.22 Å². The third-order valence-electron chi connectivity index (χ3n) is 4.80. The van der Waals surface area contributed by atoms with Crippen LogP contribution in [0.3, 0.4) is 0 Å². The van der Waals surface area contributed by atoms with Crippen LogP contribution in [0.1, 0.15) is 34.1 Å². The number of rotatable bonds is 2. The van der Waals surface area contributed by atoms with Gasteiger partial charge in [-0.1, -0.05) is 17.8 Å². The zero-order chi connectivity index (χ0) is 14.4. The molecule has 0 aromatic carbocycles. The summed E-state index contributed by atoms with van der Waals surface area (Å²) in [5, 5.41) is 10.3. The van der Waals surface area contributed by atoms with Crippen LogP contribution in [0, 0.1) is 0 Å². The number of carboxylic acids is 1. The first-order valence-electron chi connectivity index (χ1n) is 6.54. The first-order valence-corrected chi connectivity index (χ1v) is 13.2. The van der Waals surface area contributed by atoms with Gasteiger partial charge >= 0.3 is 5.97 Å². The second-order valence-corrected chi connectivity index (χ2v) is 20.8. The van der Waals surface area contributed by atoms with Crippen molar-refractivity contribution < 1.29 is 14.3 Å². The van der Waals surface area contributed by atoms with Gasteiger partial charge in [-0.15, -0.1) is 0 Å². The SMILES string of the molecule is CC(C(=O)O)=C(C)[Si]1(C)CCC(C)(C)O[Si]1(C)C. The van der Waals surface area contributed by atoms with E-state index < -0.39 is 21.4 Å². The van der Waals surface area contributed by atoms with Gasteiger partial charge < -0.3 is 9.53 Å². The van der Waals surface area contributed by atoms with Crippen LogP contribution >= 0.6 is 0 Å². The van der Waals surface area contributed by atoms with Gasteiger partial charge in [0.05, 0.1) is 5.60 Å². The van der Waals surface area contributed by atoms with Gasteiger partial charge in [0.15, 0.2) is 7.83 Å². The number of carboxylic acid groups (broad SMARTS) is 1. The third-order valence-corrected chi connectivity index (χ3v) is 22.0. The van der Waals surface area contributed by atoms with E-state index >= 15 is 0 Å². The van der Waals surface area contributed by atoms with Crippen molar-refractivity contribution in [1.82, 2.24) is 0 Å². The molecule has 1 heterocycles. The van der Waals surface area contributed by atoms with E-state index in [1.807, 2.05) is 6.92 Å². The summed E-state index contributed by atoms with van der Waals surface area (Å²) in [5.41, 5.74) is 0.493. The Labute approximate surface area is 112 Å². The molecule has 1 saturated heterocycles. The van der Waals surface area contributed by atoms with Gasteiger partial charge in [-0.05, 0) is 47.2 Å². The minimum atomic E-state index is -1.83. The van der Waals surface area contributed by atoms with Gasteiger partial charge in [-0.2, -0.15) is 0 Å². The smallest absolute Gasteiger partial charge is 0.330 e. The first kappa shape index (κ1) is 15.7. The Bertz CT molecular complexity index is 399. The van der Waals surface area contributed by atoms with E-state index in [4.69, 9.17) is 4.43 Å². The molecule has 0 saturated carbocycles. The Hall–Kier alpha value is -0.396. The molecule has 1 fully saturated rings. The molecule has 1 unspecified atom stereocenters. The van der Waals surface area contributed by atoms with Crippen molar-refractivity contribution >= 4 is 21.4 Å². The normalized spacial score (nSPS) is 31.7. The molecule has 0 amide bonds. The summed E-state index contributed by atoms with van der Waals surface area (Å²) in [6.45, 7) is 14.9. The van der Waals surface area contributed by atoms with Crippen LogP contribution in [-0.4, -0.2) is 32.1 Å². The Morgan fingerprint density at radius 1 is 1.22 bits per heavy atom. The van der Waals surface area contributed by atoms with Crippen LogP contribution < -0.4 is 0 Å². The lowest BCUT2D eigenvalue weighted by atomic mass is 10.1. The van der Waals surface area contributed by atoms with Gasteiger partial charge in [0, 0.05) is 5.57 Å². The molecule has 0 aromatic rings. The van der Waals surface area contributed by atoms with E-state index in [2.05, 4.69) is 33.5 Å². The van der Waals surface area contributed by atoms with E-state index in [1.54, 1.807) is 6.92 Å². The highest BCUT2D eigenvalue weighted by Gasteiger charge is 2.54. The Morgan fingerprint density at radius 2 is 1.72 bits per heavy atom. The van der Waals surface area contributed by atoms with Crippen molar-refractivity contribution in [2.75, 3.05) is 0 Å². The van der Waals surface area contributed by atoms with Crippen LogP contribution in [0.2, 0.25) is 25.7 Å². The fourth-order valence-corrected chi connectivity index (χ4v) is 15.5. The lowest BCUT2D eigenvalue weighted by molar-refractivity contribution is -0.132. The molecule has 5 heteroatoms. The lowest BCUT2D eigenvalue weighted by Crippen LogP contribution is -2.66. The van der Waals surface area contributed by atoms with Crippen LogP contribution in [0.5, 0.6) is 0 Å². The van der Waals surface area contributed by atoms with E-state index in [0.29, 0.717) is 5.57 Å². The summed E-state index contributed by atoms with van der Waals surface area (Å²) < 4.78 is 6.40. The molecule has 0 aromatic heterocycles. The van der Waals surface area contributed by atoms with Gasteiger partial charge in [0.1, 0.15) is 7.59 Å². The Kier molecular flexibility index (Phi) is 4.01. The fraction of sp³-hybridized carbons (Fsp3) is 0.769. The molecule has 104 valence electrons. The molecule has 0 radical (unpaired) electrons. The standard InChI is InChI=1S/C13H26O3Si2/c1-10(12(14)15)11(2)18(7)9-8-13(3,4)16-17(18,5)6/h8-9H2,1-7H3,(H,14,15). The molecule has 1 aliphatic heterocycles. The number of hydrogen-bond donors (Lipinski definition) is 1. The van der Waals surface area contributed by atoms with Crippen molar-refractivity contribution in [3.05, 3.63) is 10.8 Å². The second-order valence-electron chi connectivity index (χ2n) is 6.76. The largest absolute Gasteiger partial charge is 0.478 e. The maximum Gasteiger partial charge on any atom is 0.330 e. The molecule has 1 atom stereocenters. The average molecular weight is 287 g/mol. The van der Waals surface area contributed by atoms with Crippen molar-refractivity contribution in [2.45, 2.75) is 65.4 Å². The van der Waals surface area contributed by atoms with E-state index in [-0.39, 0.29) is 5.60 Å². The van der Waals surface area contributed by atoms with Gasteiger partial charge in [-0.25, -0.2) is 4.79 Å². The Morgan fingerprint density at radius 3 is 2.11 bits per heavy atom. The van der Waals surface area contributed by atoms with E-state index in [1.165, 1.54) is 0 Å². The summed E-state index contributed by atoms with van der Waals surface area (Å²) in [7, 11) is -3.60. The molecule has 0 aliphatic carbocycles. The number of aliphatic carboxylic acids is 1.